The Morgan fingerprint density at radius 2 is 2.04 bits per heavy atom. The molecule has 1 heterocycles. The Balaban J connectivity index is 2.20. The minimum Gasteiger partial charge on any atom is -0.335 e. The van der Waals surface area contributed by atoms with Gasteiger partial charge in [0, 0.05) is 24.3 Å². The van der Waals surface area contributed by atoms with Gasteiger partial charge in [0.15, 0.2) is 0 Å². The van der Waals surface area contributed by atoms with E-state index in [0.29, 0.717) is 25.2 Å². The molecule has 4 nitrogen and oxygen atoms in total. The summed E-state index contributed by atoms with van der Waals surface area (Å²) in [6.07, 6.45) is 0. The average molecular weight is 311 g/mol. The molecule has 0 saturated carbocycles. The molecule has 0 spiro atoms. The van der Waals surface area contributed by atoms with Crippen molar-refractivity contribution in [3.05, 3.63) is 65.0 Å². The number of carbonyl (C=O) groups is 1. The van der Waals surface area contributed by atoms with Crippen molar-refractivity contribution in [2.75, 3.05) is 13.1 Å². The summed E-state index contributed by atoms with van der Waals surface area (Å²) in [7, 11) is 0. The van der Waals surface area contributed by atoms with Gasteiger partial charge in [-0.2, -0.15) is 5.10 Å². The molecule has 0 unspecified atom stereocenters. The second kappa shape index (κ2) is 7.27. The summed E-state index contributed by atoms with van der Waals surface area (Å²) in [5.41, 5.74) is 4.91. The van der Waals surface area contributed by atoms with E-state index in [1.165, 1.54) is 0 Å². The van der Waals surface area contributed by atoms with Gasteiger partial charge < -0.3 is 4.90 Å². The lowest BCUT2D eigenvalue weighted by Crippen LogP contribution is -2.32. The Hall–Kier alpha value is -2.36. The van der Waals surface area contributed by atoms with E-state index in [9.17, 15) is 4.79 Å². The summed E-state index contributed by atoms with van der Waals surface area (Å²) in [5.74, 6) is 0.0470. The zero-order valence-electron chi connectivity index (χ0n) is 14.5. The van der Waals surface area contributed by atoms with E-state index >= 15 is 0 Å². The first kappa shape index (κ1) is 17.0. The van der Waals surface area contributed by atoms with E-state index in [1.54, 1.807) is 0 Å². The van der Waals surface area contributed by atoms with Gasteiger partial charge in [-0.15, -0.1) is 0 Å². The summed E-state index contributed by atoms with van der Waals surface area (Å²) < 4.78 is 1.96. The predicted octanol–water partition coefficient (Wildman–Crippen LogP) is 3.59. The highest BCUT2D eigenvalue weighted by Gasteiger charge is 2.14. The quantitative estimate of drug-likeness (QED) is 0.765. The molecule has 4 heteroatoms. The fourth-order valence-corrected chi connectivity index (χ4v) is 2.65. The summed E-state index contributed by atoms with van der Waals surface area (Å²) in [4.78, 5) is 14.5. The van der Waals surface area contributed by atoms with Gasteiger partial charge in [0.25, 0.3) is 5.91 Å². The van der Waals surface area contributed by atoms with Crippen LogP contribution in [0.2, 0.25) is 0 Å². The number of aromatic nitrogens is 2. The molecule has 122 valence electrons. The van der Waals surface area contributed by atoms with Crippen molar-refractivity contribution >= 4 is 5.91 Å². The van der Waals surface area contributed by atoms with Crippen LogP contribution < -0.4 is 0 Å². The normalized spacial score (nSPS) is 10.6. The molecule has 0 fully saturated rings. The second-order valence-electron chi connectivity index (χ2n) is 6.06. The third kappa shape index (κ3) is 4.31. The van der Waals surface area contributed by atoms with Gasteiger partial charge in [0.1, 0.15) is 0 Å². The van der Waals surface area contributed by atoms with Crippen molar-refractivity contribution in [2.24, 2.45) is 0 Å². The molecular weight excluding hydrogens is 286 g/mol. The zero-order valence-corrected chi connectivity index (χ0v) is 14.5. The van der Waals surface area contributed by atoms with Gasteiger partial charge in [-0.25, -0.2) is 0 Å². The van der Waals surface area contributed by atoms with Crippen molar-refractivity contribution in [2.45, 2.75) is 34.2 Å². The molecule has 0 saturated heterocycles. The van der Waals surface area contributed by atoms with Crippen molar-refractivity contribution in [3.8, 4) is 0 Å². The van der Waals surface area contributed by atoms with Crippen LogP contribution in [-0.4, -0.2) is 33.7 Å². The molecule has 0 aliphatic carbocycles. The maximum Gasteiger partial charge on any atom is 0.254 e. The van der Waals surface area contributed by atoms with Gasteiger partial charge in [0.05, 0.1) is 12.2 Å². The smallest absolute Gasteiger partial charge is 0.254 e. The highest BCUT2D eigenvalue weighted by Crippen LogP contribution is 2.12. The molecule has 0 bridgehead atoms. The highest BCUT2D eigenvalue weighted by molar-refractivity contribution is 5.94. The number of nitrogens with zero attached hydrogens (tertiary/aromatic N) is 3. The first-order valence-electron chi connectivity index (χ1n) is 7.94. The largest absolute Gasteiger partial charge is 0.335 e. The Labute approximate surface area is 138 Å². The Morgan fingerprint density at radius 3 is 2.61 bits per heavy atom. The number of benzene rings is 1. The maximum absolute atomic E-state index is 12.6. The van der Waals surface area contributed by atoms with Crippen LogP contribution in [0.25, 0.3) is 0 Å². The fraction of sp³-hybridized carbons (Fsp3) is 0.368. The first-order chi connectivity index (χ1) is 10.9. The SMILES string of the molecule is C=C(C)CN(CC)C(=O)c1cccc(Cn2nc(C)cc2C)c1. The summed E-state index contributed by atoms with van der Waals surface area (Å²) in [6.45, 7) is 13.8. The van der Waals surface area contributed by atoms with E-state index in [4.69, 9.17) is 0 Å². The van der Waals surface area contributed by atoms with Gasteiger partial charge in [-0.1, -0.05) is 24.3 Å². The van der Waals surface area contributed by atoms with Gasteiger partial charge >= 0.3 is 0 Å². The molecule has 2 aromatic rings. The molecule has 0 radical (unpaired) electrons. The van der Waals surface area contributed by atoms with Crippen LogP contribution in [0.4, 0.5) is 0 Å². The lowest BCUT2D eigenvalue weighted by Gasteiger charge is -2.21. The predicted molar refractivity (Wildman–Crippen MR) is 93.6 cm³/mol. The van der Waals surface area contributed by atoms with E-state index in [0.717, 1.165) is 22.5 Å². The average Bonchev–Trinajstić information content (AvgIpc) is 2.82. The summed E-state index contributed by atoms with van der Waals surface area (Å²) in [5, 5.41) is 4.48. The third-order valence-corrected chi connectivity index (χ3v) is 3.74. The van der Waals surface area contributed by atoms with Gasteiger partial charge in [-0.05, 0) is 51.5 Å². The molecule has 1 aromatic heterocycles. The summed E-state index contributed by atoms with van der Waals surface area (Å²) in [6, 6.07) is 9.85. The molecule has 0 aliphatic rings. The van der Waals surface area contributed by atoms with E-state index in [-0.39, 0.29) is 5.91 Å². The van der Waals surface area contributed by atoms with Crippen LogP contribution in [0.1, 0.15) is 41.2 Å². The highest BCUT2D eigenvalue weighted by atomic mass is 16.2. The molecule has 0 atom stereocenters. The van der Waals surface area contributed by atoms with E-state index in [2.05, 4.69) is 17.7 Å². The molecule has 23 heavy (non-hydrogen) atoms. The summed E-state index contributed by atoms with van der Waals surface area (Å²) >= 11 is 0. The van der Waals surface area contributed by atoms with E-state index < -0.39 is 0 Å². The third-order valence-electron chi connectivity index (χ3n) is 3.74. The van der Waals surface area contributed by atoms with Crippen molar-refractivity contribution in [3.63, 3.8) is 0 Å². The second-order valence-corrected chi connectivity index (χ2v) is 6.06. The maximum atomic E-state index is 12.6. The molecule has 1 amide bonds. The van der Waals surface area contributed by atoms with Crippen molar-refractivity contribution in [1.29, 1.82) is 0 Å². The van der Waals surface area contributed by atoms with Crippen molar-refractivity contribution in [1.82, 2.24) is 14.7 Å². The monoisotopic (exact) mass is 311 g/mol. The number of rotatable bonds is 6. The molecular formula is C19H25N3O. The lowest BCUT2D eigenvalue weighted by molar-refractivity contribution is 0.0778. The molecule has 0 N–H and O–H groups in total. The Bertz CT molecular complexity index is 715. The minimum atomic E-state index is 0.0470. The Kier molecular flexibility index (Phi) is 5.37. The van der Waals surface area contributed by atoms with Gasteiger partial charge in [0.2, 0.25) is 0 Å². The topological polar surface area (TPSA) is 38.1 Å². The lowest BCUT2D eigenvalue weighted by atomic mass is 10.1. The van der Waals surface area contributed by atoms with Crippen LogP contribution >= 0.6 is 0 Å². The van der Waals surface area contributed by atoms with Crippen LogP contribution in [0, 0.1) is 13.8 Å². The number of aryl methyl sites for hydroxylation is 2. The van der Waals surface area contributed by atoms with Crippen molar-refractivity contribution < 1.29 is 4.79 Å². The number of hydrogen-bond donors (Lipinski definition) is 0. The molecule has 0 aliphatic heterocycles. The van der Waals surface area contributed by atoms with Crippen LogP contribution in [0.5, 0.6) is 0 Å². The molecule has 2 rings (SSSR count). The Morgan fingerprint density at radius 1 is 1.30 bits per heavy atom. The number of carbonyl (C=O) groups excluding carboxylic acids is 1. The van der Waals surface area contributed by atoms with Crippen LogP contribution in [-0.2, 0) is 6.54 Å². The van der Waals surface area contributed by atoms with Crippen LogP contribution in [0.15, 0.2) is 42.5 Å². The van der Waals surface area contributed by atoms with Crippen LogP contribution in [0.3, 0.4) is 0 Å². The first-order valence-corrected chi connectivity index (χ1v) is 7.94. The number of amides is 1. The van der Waals surface area contributed by atoms with Gasteiger partial charge in [-0.3, -0.25) is 9.48 Å². The number of likely N-dealkylation sites (N-methyl/N-ethyl adjacent to an activating group) is 1. The fourth-order valence-electron chi connectivity index (χ4n) is 2.65. The standard InChI is InChI=1S/C19H25N3O/c1-6-21(12-14(2)3)19(23)18-9-7-8-17(11-18)13-22-16(5)10-15(4)20-22/h7-11H,2,6,12-13H2,1,3-5H3. The molecule has 1 aromatic carbocycles. The minimum absolute atomic E-state index is 0.0470. The van der Waals surface area contributed by atoms with E-state index in [1.807, 2.05) is 61.5 Å². The number of hydrogen-bond acceptors (Lipinski definition) is 2. The zero-order chi connectivity index (χ0) is 17.0.